The van der Waals surface area contributed by atoms with E-state index >= 15 is 0 Å². The maximum Gasteiger partial charge on any atom is 0.410 e. The fourth-order valence-corrected chi connectivity index (χ4v) is 5.78. The topological polar surface area (TPSA) is 139 Å². The molecule has 4 rings (SSSR count). The number of amides is 3. The molecule has 3 amide bonds. The van der Waals surface area contributed by atoms with Crippen molar-refractivity contribution in [2.24, 2.45) is 7.05 Å². The van der Waals surface area contributed by atoms with Crippen LogP contribution in [0.5, 0.6) is 5.75 Å². The normalized spacial score (nSPS) is 14.3. The number of methoxy groups -OCH3 is 1. The summed E-state index contributed by atoms with van der Waals surface area (Å²) in [6, 6.07) is 10.5. The Morgan fingerprint density at radius 2 is 1.49 bits per heavy atom. The average Bonchev–Trinajstić information content (AvgIpc) is 3.27. The third-order valence-corrected chi connectivity index (χ3v) is 8.03. The summed E-state index contributed by atoms with van der Waals surface area (Å²) in [5.41, 5.74) is 1.63. The molecule has 1 fully saturated rings. The summed E-state index contributed by atoms with van der Waals surface area (Å²) >= 11 is 0. The highest BCUT2D eigenvalue weighted by atomic mass is 32.2. The summed E-state index contributed by atoms with van der Waals surface area (Å²) in [5.74, 6) is -0.497. The van der Waals surface area contributed by atoms with Crippen LogP contribution >= 0.6 is 0 Å². The quantitative estimate of drug-likeness (QED) is 0.394. The van der Waals surface area contributed by atoms with E-state index in [1.54, 1.807) is 51.7 Å². The van der Waals surface area contributed by atoms with Crippen LogP contribution in [0.2, 0.25) is 0 Å². The molecule has 0 saturated carbocycles. The number of hydrogen-bond donors (Lipinski definition) is 2. The van der Waals surface area contributed by atoms with Gasteiger partial charge in [0.15, 0.2) is 5.75 Å². The zero-order chi connectivity index (χ0) is 33.5. The Morgan fingerprint density at radius 1 is 0.889 bits per heavy atom. The first-order valence-electron chi connectivity index (χ1n) is 14.7. The zero-order valence-corrected chi connectivity index (χ0v) is 28.2. The lowest BCUT2D eigenvalue weighted by Crippen LogP contribution is -2.51. The molecule has 1 aliphatic rings. The minimum absolute atomic E-state index is 0.168. The molecule has 13 heteroatoms. The van der Waals surface area contributed by atoms with Gasteiger partial charge in [-0.05, 0) is 56.0 Å². The number of nitrogens with zero attached hydrogens (tertiary/aromatic N) is 3. The second-order valence-electron chi connectivity index (χ2n) is 13.3. The average molecular weight is 642 g/mol. The molecule has 1 saturated heterocycles. The van der Waals surface area contributed by atoms with Crippen molar-refractivity contribution in [2.45, 2.75) is 52.6 Å². The number of anilines is 2. The Labute approximate surface area is 264 Å². The number of rotatable bonds is 6. The maximum absolute atomic E-state index is 13.7. The molecule has 1 aromatic heterocycles. The smallest absolute Gasteiger partial charge is 0.410 e. The van der Waals surface area contributed by atoms with Crippen molar-refractivity contribution in [3.63, 3.8) is 0 Å². The van der Waals surface area contributed by atoms with Crippen LogP contribution in [0.3, 0.4) is 0 Å². The molecule has 12 nitrogen and oxygen atoms in total. The first kappa shape index (κ1) is 33.6. The van der Waals surface area contributed by atoms with E-state index in [4.69, 9.17) is 9.47 Å². The zero-order valence-electron chi connectivity index (χ0n) is 27.4. The predicted molar refractivity (Wildman–Crippen MR) is 175 cm³/mol. The molecule has 1 aliphatic heterocycles. The molecular weight excluding hydrogens is 598 g/mol. The standard InChI is InChI=1S/C32H43N5O7S/c1-31(2,3)21-18-23(27(43-8)24(19-21)34-45(9,41)42)33-28(38)25-17-20-11-10-12-22(26(20)35(25)7)29(39)36-13-15-37(16-14-36)30(40)44-32(4,5)6/h10-12,17-19,34H,13-16H2,1-9H3,(H,33,38). The van der Waals surface area contributed by atoms with Gasteiger partial charge in [0.2, 0.25) is 10.0 Å². The van der Waals surface area contributed by atoms with Crippen molar-refractivity contribution in [1.29, 1.82) is 0 Å². The summed E-state index contributed by atoms with van der Waals surface area (Å²) < 4.78 is 39.4. The number of ether oxygens (including phenoxy) is 2. The minimum atomic E-state index is -3.64. The summed E-state index contributed by atoms with van der Waals surface area (Å²) in [6.07, 6.45) is 0.641. The second kappa shape index (κ2) is 12.3. The summed E-state index contributed by atoms with van der Waals surface area (Å²) in [4.78, 5) is 43.2. The van der Waals surface area contributed by atoms with Crippen LogP contribution in [0, 0.1) is 0 Å². The fraction of sp³-hybridized carbons (Fsp3) is 0.469. The number of carbonyl (C=O) groups excluding carboxylic acids is 3. The van der Waals surface area contributed by atoms with Crippen molar-refractivity contribution >= 4 is 50.2 Å². The van der Waals surface area contributed by atoms with E-state index in [2.05, 4.69) is 10.0 Å². The lowest BCUT2D eigenvalue weighted by atomic mass is 9.86. The van der Waals surface area contributed by atoms with Crippen LogP contribution in [-0.2, 0) is 27.2 Å². The molecule has 0 bridgehead atoms. The highest BCUT2D eigenvalue weighted by Gasteiger charge is 2.30. The number of hydrogen-bond acceptors (Lipinski definition) is 7. The number of fused-ring (bicyclic) bond motifs is 1. The SMILES string of the molecule is COc1c(NC(=O)c2cc3cccc(C(=O)N4CCN(C(=O)OC(C)(C)C)CC4)c3n2C)cc(C(C)(C)C)cc1NS(C)(=O)=O. The molecule has 0 aliphatic carbocycles. The van der Waals surface area contributed by atoms with Gasteiger partial charge in [-0.25, -0.2) is 13.2 Å². The first-order valence-corrected chi connectivity index (χ1v) is 16.6. The van der Waals surface area contributed by atoms with Crippen LogP contribution in [-0.4, -0.2) is 85.8 Å². The van der Waals surface area contributed by atoms with Gasteiger partial charge < -0.3 is 29.2 Å². The largest absolute Gasteiger partial charge is 0.492 e. The third-order valence-electron chi connectivity index (χ3n) is 7.44. The van der Waals surface area contributed by atoms with E-state index in [1.807, 2.05) is 47.6 Å². The van der Waals surface area contributed by atoms with E-state index in [9.17, 15) is 22.8 Å². The van der Waals surface area contributed by atoms with Gasteiger partial charge in [-0.3, -0.25) is 14.3 Å². The lowest BCUT2D eigenvalue weighted by molar-refractivity contribution is 0.0141. The van der Waals surface area contributed by atoms with Crippen molar-refractivity contribution in [2.75, 3.05) is 49.6 Å². The van der Waals surface area contributed by atoms with Crippen LogP contribution in [0.15, 0.2) is 36.4 Å². The summed E-state index contributed by atoms with van der Waals surface area (Å²) in [7, 11) is -0.523. The highest BCUT2D eigenvalue weighted by molar-refractivity contribution is 7.92. The van der Waals surface area contributed by atoms with Crippen molar-refractivity contribution in [3.8, 4) is 5.75 Å². The number of para-hydroxylation sites is 1. The van der Waals surface area contributed by atoms with Gasteiger partial charge in [-0.15, -0.1) is 0 Å². The highest BCUT2D eigenvalue weighted by Crippen LogP contribution is 2.39. The molecule has 2 N–H and O–H groups in total. The number of nitrogens with one attached hydrogen (secondary N) is 2. The molecule has 2 aromatic carbocycles. The predicted octanol–water partition coefficient (Wildman–Crippen LogP) is 4.80. The number of aromatic nitrogens is 1. The van der Waals surface area contributed by atoms with E-state index in [0.717, 1.165) is 11.8 Å². The molecular formula is C32H43N5O7S. The second-order valence-corrected chi connectivity index (χ2v) is 15.0. The van der Waals surface area contributed by atoms with Crippen LogP contribution in [0.25, 0.3) is 10.9 Å². The number of aryl methyl sites for hydroxylation is 1. The van der Waals surface area contributed by atoms with Crippen LogP contribution in [0.1, 0.15) is 68.0 Å². The lowest BCUT2D eigenvalue weighted by Gasteiger charge is -2.35. The molecule has 0 spiro atoms. The van der Waals surface area contributed by atoms with Gasteiger partial charge in [-0.1, -0.05) is 32.9 Å². The minimum Gasteiger partial charge on any atom is -0.492 e. The van der Waals surface area contributed by atoms with Gasteiger partial charge in [0.25, 0.3) is 11.8 Å². The third kappa shape index (κ3) is 7.70. The van der Waals surface area contributed by atoms with Crippen molar-refractivity contribution in [3.05, 3.63) is 53.2 Å². The number of piperazine rings is 1. The molecule has 3 aromatic rings. The van der Waals surface area contributed by atoms with Gasteiger partial charge in [0.05, 0.1) is 35.8 Å². The van der Waals surface area contributed by atoms with Crippen molar-refractivity contribution < 1.29 is 32.3 Å². The number of sulfonamides is 1. The molecule has 45 heavy (non-hydrogen) atoms. The summed E-state index contributed by atoms with van der Waals surface area (Å²) in [5, 5.41) is 3.60. The van der Waals surface area contributed by atoms with E-state index < -0.39 is 27.6 Å². The van der Waals surface area contributed by atoms with Gasteiger partial charge in [0, 0.05) is 38.6 Å². The van der Waals surface area contributed by atoms with Crippen LogP contribution < -0.4 is 14.8 Å². The Bertz CT molecular complexity index is 1740. The van der Waals surface area contributed by atoms with Crippen LogP contribution in [0.4, 0.5) is 16.2 Å². The van der Waals surface area contributed by atoms with E-state index in [-0.39, 0.29) is 22.8 Å². The first-order chi connectivity index (χ1) is 20.8. The number of carbonyl (C=O) groups is 3. The number of benzene rings is 2. The monoisotopic (exact) mass is 641 g/mol. The fourth-order valence-electron chi connectivity index (χ4n) is 5.23. The molecule has 0 unspecified atom stereocenters. The van der Waals surface area contributed by atoms with Gasteiger partial charge in [0.1, 0.15) is 11.3 Å². The molecule has 0 radical (unpaired) electrons. The Balaban J connectivity index is 1.63. The van der Waals surface area contributed by atoms with E-state index in [1.165, 1.54) is 7.11 Å². The Hall–Kier alpha value is -4.26. The molecule has 0 atom stereocenters. The molecule has 244 valence electrons. The van der Waals surface area contributed by atoms with Crippen molar-refractivity contribution in [1.82, 2.24) is 14.4 Å². The van der Waals surface area contributed by atoms with Gasteiger partial charge >= 0.3 is 6.09 Å². The van der Waals surface area contributed by atoms with Gasteiger partial charge in [-0.2, -0.15) is 0 Å². The maximum atomic E-state index is 13.7. The molecule has 2 heterocycles. The Kier molecular flexibility index (Phi) is 9.16. The Morgan fingerprint density at radius 3 is 2.04 bits per heavy atom. The van der Waals surface area contributed by atoms with E-state index in [0.29, 0.717) is 54.0 Å². The summed E-state index contributed by atoms with van der Waals surface area (Å²) in [6.45, 7) is 12.8.